The molecule has 10 heteroatoms. The van der Waals surface area contributed by atoms with Gasteiger partial charge in [-0.3, -0.25) is 9.80 Å². The molecule has 234 valence electrons. The van der Waals surface area contributed by atoms with Crippen molar-refractivity contribution in [2.45, 2.75) is 103 Å². The van der Waals surface area contributed by atoms with Crippen LogP contribution in [0.1, 0.15) is 102 Å². The van der Waals surface area contributed by atoms with Gasteiger partial charge in [0, 0.05) is 13.1 Å². The molecule has 0 spiro atoms. The molecule has 0 aliphatic carbocycles. The van der Waals surface area contributed by atoms with Crippen molar-refractivity contribution in [3.05, 3.63) is 59.2 Å². The third kappa shape index (κ3) is 6.54. The lowest BCUT2D eigenvalue weighted by molar-refractivity contribution is 0.0208. The van der Waals surface area contributed by atoms with E-state index in [1.54, 1.807) is 9.80 Å². The number of imidazole rings is 2. The van der Waals surface area contributed by atoms with E-state index in [-0.39, 0.29) is 24.3 Å². The number of nitrogens with zero attached hydrogens (tertiary/aromatic N) is 4. The number of amides is 2. The van der Waals surface area contributed by atoms with Crippen LogP contribution < -0.4 is 0 Å². The quantitative estimate of drug-likeness (QED) is 0.247. The number of carbonyl (C=O) groups is 2. The summed E-state index contributed by atoms with van der Waals surface area (Å²) in [6, 6.07) is 12.5. The van der Waals surface area contributed by atoms with Gasteiger partial charge in [-0.25, -0.2) is 19.6 Å². The second kappa shape index (κ2) is 11.4. The summed E-state index contributed by atoms with van der Waals surface area (Å²) in [5, 5.41) is 0. The summed E-state index contributed by atoms with van der Waals surface area (Å²) < 4.78 is 11.3. The van der Waals surface area contributed by atoms with Gasteiger partial charge in [-0.05, 0) is 115 Å². The highest BCUT2D eigenvalue weighted by atomic mass is 16.6. The summed E-state index contributed by atoms with van der Waals surface area (Å²) in [4.78, 5) is 45.9. The normalized spacial score (nSPS) is 19.3. The van der Waals surface area contributed by atoms with Crippen molar-refractivity contribution in [2.24, 2.45) is 0 Å². The van der Waals surface area contributed by atoms with Gasteiger partial charge in [0.25, 0.3) is 0 Å². The Morgan fingerprint density at radius 2 is 1.14 bits per heavy atom. The Morgan fingerprint density at radius 1 is 0.727 bits per heavy atom. The number of aromatic amines is 2. The van der Waals surface area contributed by atoms with Crippen LogP contribution in [0.15, 0.2) is 36.4 Å². The highest BCUT2D eigenvalue weighted by Gasteiger charge is 2.36. The zero-order valence-electron chi connectivity index (χ0n) is 26.7. The Labute approximate surface area is 258 Å². The number of benzene rings is 2. The van der Waals surface area contributed by atoms with Gasteiger partial charge in [-0.1, -0.05) is 12.1 Å². The van der Waals surface area contributed by atoms with Crippen LogP contribution in [-0.4, -0.2) is 66.2 Å². The van der Waals surface area contributed by atoms with Gasteiger partial charge in [0.1, 0.15) is 22.9 Å². The molecule has 2 fully saturated rings. The monoisotopic (exact) mass is 600 g/mol. The number of fused-ring (bicyclic) bond motifs is 2. The molecule has 0 saturated carbocycles. The molecule has 2 aromatic heterocycles. The first-order valence-corrected chi connectivity index (χ1v) is 15.8. The van der Waals surface area contributed by atoms with Crippen LogP contribution in [0.25, 0.3) is 22.1 Å². The molecule has 2 saturated heterocycles. The summed E-state index contributed by atoms with van der Waals surface area (Å²) >= 11 is 0. The smallest absolute Gasteiger partial charge is 0.410 e. The minimum atomic E-state index is -0.532. The van der Waals surface area contributed by atoms with Crippen LogP contribution in [0.5, 0.6) is 0 Å². The van der Waals surface area contributed by atoms with Crippen LogP contribution in [0.2, 0.25) is 0 Å². The summed E-state index contributed by atoms with van der Waals surface area (Å²) in [5.41, 5.74) is 5.13. The van der Waals surface area contributed by atoms with Crippen molar-refractivity contribution in [3.8, 4) is 0 Å². The largest absolute Gasteiger partial charge is 0.444 e. The van der Waals surface area contributed by atoms with E-state index in [1.807, 2.05) is 41.5 Å². The number of hydrogen-bond acceptors (Lipinski definition) is 6. The van der Waals surface area contributed by atoms with Gasteiger partial charge >= 0.3 is 12.2 Å². The van der Waals surface area contributed by atoms with Gasteiger partial charge in [0.05, 0.1) is 34.2 Å². The standard InChI is InChI=1S/C34H44N6O4/c1-33(2,3)43-31(41)39-17-7-9-27(39)29-35-23-15-13-21(19-25(23)37-29)11-12-22-14-16-24-26(20-22)38-30(36-24)28-10-8-18-40(28)32(42)44-34(4,5)6/h13-16,19-20,27-28H,7-12,17-18H2,1-6H3,(H,35,37)(H,36,38)/t27-,28-/m0/s1. The SMILES string of the molecule is CC(C)(C)OC(=O)N1CCC[C@H]1c1nc2ccc(CCc3ccc4nc([C@@H]5CCCN5C(=O)OC(C)(C)C)[nH]c4c3)cc2[nH]1. The summed E-state index contributed by atoms with van der Waals surface area (Å²) in [7, 11) is 0. The molecule has 10 nitrogen and oxygen atoms in total. The molecule has 2 amide bonds. The Morgan fingerprint density at radius 3 is 1.52 bits per heavy atom. The fourth-order valence-electron chi connectivity index (χ4n) is 6.25. The van der Waals surface area contributed by atoms with Gasteiger partial charge in [-0.2, -0.15) is 0 Å². The second-order valence-electron chi connectivity index (χ2n) is 14.1. The Kier molecular flexibility index (Phi) is 7.80. The van der Waals surface area contributed by atoms with E-state index in [2.05, 4.69) is 46.4 Å². The van der Waals surface area contributed by atoms with E-state index in [0.29, 0.717) is 13.1 Å². The van der Waals surface area contributed by atoms with Crippen molar-refractivity contribution in [2.75, 3.05) is 13.1 Å². The highest BCUT2D eigenvalue weighted by Crippen LogP contribution is 2.34. The molecule has 0 bridgehead atoms. The molecular weight excluding hydrogens is 556 g/mol. The topological polar surface area (TPSA) is 116 Å². The third-order valence-electron chi connectivity index (χ3n) is 8.22. The number of likely N-dealkylation sites (tertiary alicyclic amines) is 2. The average molecular weight is 601 g/mol. The highest BCUT2D eigenvalue weighted by molar-refractivity contribution is 5.77. The van der Waals surface area contributed by atoms with Crippen LogP contribution in [0.4, 0.5) is 9.59 Å². The van der Waals surface area contributed by atoms with Crippen molar-refractivity contribution in [1.82, 2.24) is 29.7 Å². The third-order valence-corrected chi connectivity index (χ3v) is 8.22. The van der Waals surface area contributed by atoms with Crippen LogP contribution >= 0.6 is 0 Å². The molecule has 4 heterocycles. The van der Waals surface area contributed by atoms with Crippen molar-refractivity contribution < 1.29 is 19.1 Å². The van der Waals surface area contributed by atoms with E-state index in [1.165, 1.54) is 11.1 Å². The zero-order valence-corrected chi connectivity index (χ0v) is 26.7. The van der Waals surface area contributed by atoms with Crippen molar-refractivity contribution in [1.29, 1.82) is 0 Å². The molecule has 6 rings (SSSR count). The molecule has 44 heavy (non-hydrogen) atoms. The summed E-state index contributed by atoms with van der Waals surface area (Å²) in [6.45, 7) is 12.7. The fourth-order valence-corrected chi connectivity index (χ4v) is 6.25. The first-order chi connectivity index (χ1) is 20.8. The number of nitrogens with one attached hydrogen (secondary N) is 2. The minimum Gasteiger partial charge on any atom is -0.444 e. The van der Waals surface area contributed by atoms with Crippen LogP contribution in [0.3, 0.4) is 0 Å². The minimum absolute atomic E-state index is 0.104. The number of aromatic nitrogens is 4. The number of H-pyrrole nitrogens is 2. The number of rotatable bonds is 5. The molecule has 2 N–H and O–H groups in total. The number of carbonyl (C=O) groups excluding carboxylic acids is 2. The van der Waals surface area contributed by atoms with E-state index in [0.717, 1.165) is 72.2 Å². The average Bonchev–Trinajstić information content (AvgIpc) is 3.73. The van der Waals surface area contributed by atoms with Crippen LogP contribution in [-0.2, 0) is 22.3 Å². The molecule has 0 unspecified atom stereocenters. The Hall–Kier alpha value is -4.08. The van der Waals surface area contributed by atoms with E-state index in [9.17, 15) is 9.59 Å². The Balaban J connectivity index is 1.13. The molecule has 4 aromatic rings. The van der Waals surface area contributed by atoms with E-state index >= 15 is 0 Å². The predicted molar refractivity (Wildman–Crippen MR) is 169 cm³/mol. The molecule has 2 aliphatic rings. The molecule has 2 aromatic carbocycles. The maximum absolute atomic E-state index is 12.8. The lowest BCUT2D eigenvalue weighted by Crippen LogP contribution is -2.36. The first-order valence-electron chi connectivity index (χ1n) is 15.8. The first kappa shape index (κ1) is 30.0. The van der Waals surface area contributed by atoms with E-state index in [4.69, 9.17) is 19.4 Å². The van der Waals surface area contributed by atoms with Gasteiger partial charge in [0.2, 0.25) is 0 Å². The fraction of sp³-hybridized carbons (Fsp3) is 0.529. The van der Waals surface area contributed by atoms with E-state index < -0.39 is 11.2 Å². The van der Waals surface area contributed by atoms with Gasteiger partial charge in [0.15, 0.2) is 0 Å². The number of ether oxygens (including phenoxy) is 2. The van der Waals surface area contributed by atoms with Gasteiger partial charge in [-0.15, -0.1) is 0 Å². The van der Waals surface area contributed by atoms with Crippen molar-refractivity contribution >= 4 is 34.3 Å². The molecular formula is C34H44N6O4. The molecule has 2 aliphatic heterocycles. The second-order valence-corrected chi connectivity index (χ2v) is 14.1. The maximum Gasteiger partial charge on any atom is 0.410 e. The van der Waals surface area contributed by atoms with Crippen LogP contribution in [0, 0.1) is 0 Å². The number of aryl methyl sites for hydroxylation is 2. The molecule has 0 radical (unpaired) electrons. The van der Waals surface area contributed by atoms with Crippen molar-refractivity contribution in [3.63, 3.8) is 0 Å². The maximum atomic E-state index is 12.8. The zero-order chi connectivity index (χ0) is 31.2. The lowest BCUT2D eigenvalue weighted by Gasteiger charge is -2.27. The number of hydrogen-bond donors (Lipinski definition) is 2. The molecule has 2 atom stereocenters. The predicted octanol–water partition coefficient (Wildman–Crippen LogP) is 7.37. The lowest BCUT2D eigenvalue weighted by atomic mass is 10.0. The summed E-state index contributed by atoms with van der Waals surface area (Å²) in [5.74, 6) is 1.63. The van der Waals surface area contributed by atoms with Gasteiger partial charge < -0.3 is 19.4 Å². The summed E-state index contributed by atoms with van der Waals surface area (Å²) in [6.07, 6.45) is 4.76. The Bertz CT molecular complexity index is 1550.